The topological polar surface area (TPSA) is 16.4 Å². The SMILES string of the molecule is c1ccc(N(c2cccc3c2ccc2ccc4ccccc4c23)c2cccc3ccc4c5ccccc5oc4c23)cc1. The molecule has 9 rings (SSSR count). The van der Waals surface area contributed by atoms with Gasteiger partial charge in [-0.15, -0.1) is 0 Å². The minimum absolute atomic E-state index is 0.907. The normalized spacial score (nSPS) is 11.8. The Balaban J connectivity index is 1.41. The van der Waals surface area contributed by atoms with Crippen molar-refractivity contribution in [3.8, 4) is 0 Å². The van der Waals surface area contributed by atoms with Gasteiger partial charge in [-0.3, -0.25) is 0 Å². The van der Waals surface area contributed by atoms with Crippen molar-refractivity contribution in [3.63, 3.8) is 0 Å². The van der Waals surface area contributed by atoms with Crippen LogP contribution in [0.2, 0.25) is 0 Å². The van der Waals surface area contributed by atoms with Gasteiger partial charge >= 0.3 is 0 Å². The van der Waals surface area contributed by atoms with Gasteiger partial charge in [0, 0.05) is 27.2 Å². The number of hydrogen-bond donors (Lipinski definition) is 0. The molecule has 0 aliphatic heterocycles. The summed E-state index contributed by atoms with van der Waals surface area (Å²) in [4.78, 5) is 2.40. The van der Waals surface area contributed by atoms with Gasteiger partial charge in [0.2, 0.25) is 0 Å². The first kappa shape index (κ1) is 23.1. The van der Waals surface area contributed by atoms with Gasteiger partial charge in [0.05, 0.1) is 11.4 Å². The Morgan fingerprint density at radius 1 is 0.357 bits per heavy atom. The van der Waals surface area contributed by atoms with E-state index < -0.39 is 0 Å². The van der Waals surface area contributed by atoms with Crippen LogP contribution in [0.1, 0.15) is 0 Å². The molecular weight excluding hydrogens is 510 g/mol. The molecule has 0 spiro atoms. The van der Waals surface area contributed by atoms with Crippen LogP contribution >= 0.6 is 0 Å². The monoisotopic (exact) mass is 535 g/mol. The zero-order valence-corrected chi connectivity index (χ0v) is 22.8. The van der Waals surface area contributed by atoms with Gasteiger partial charge in [0.25, 0.3) is 0 Å². The fourth-order valence-electron chi connectivity index (χ4n) is 6.75. The van der Waals surface area contributed by atoms with Crippen molar-refractivity contribution in [2.75, 3.05) is 4.90 Å². The number of nitrogens with zero attached hydrogens (tertiary/aromatic N) is 1. The minimum Gasteiger partial charge on any atom is -0.455 e. The van der Waals surface area contributed by atoms with Crippen LogP contribution in [0.15, 0.2) is 156 Å². The second kappa shape index (κ2) is 8.95. The number of rotatable bonds is 3. The standard InChI is InChI=1S/C40H25NO/c1-2-12-29(13-3-1)41(36-18-8-11-27-23-25-34-32-15-6-7-19-37(32)42-40(34)39(27)36)35-17-9-16-33-31(35)24-22-28-21-20-26-10-4-5-14-30(26)38(28)33/h1-25H. The van der Waals surface area contributed by atoms with Crippen LogP contribution in [0, 0.1) is 0 Å². The second-order valence-electron chi connectivity index (χ2n) is 10.9. The fraction of sp³-hybridized carbons (Fsp3) is 0. The third kappa shape index (κ3) is 3.33. The van der Waals surface area contributed by atoms with Crippen LogP contribution in [0.5, 0.6) is 0 Å². The third-order valence-electron chi connectivity index (χ3n) is 8.60. The molecule has 0 aliphatic carbocycles. The van der Waals surface area contributed by atoms with Crippen LogP contribution < -0.4 is 4.90 Å². The van der Waals surface area contributed by atoms with E-state index in [-0.39, 0.29) is 0 Å². The van der Waals surface area contributed by atoms with Crippen LogP contribution in [0.4, 0.5) is 17.1 Å². The first-order valence-corrected chi connectivity index (χ1v) is 14.4. The second-order valence-corrected chi connectivity index (χ2v) is 10.9. The lowest BCUT2D eigenvalue weighted by Crippen LogP contribution is -2.11. The summed E-state index contributed by atoms with van der Waals surface area (Å²) in [6.07, 6.45) is 0. The number of anilines is 3. The number of para-hydroxylation sites is 2. The summed E-state index contributed by atoms with van der Waals surface area (Å²) in [6.45, 7) is 0. The molecule has 1 heterocycles. The molecule has 8 aromatic carbocycles. The molecule has 2 heteroatoms. The quantitative estimate of drug-likeness (QED) is 0.209. The van der Waals surface area contributed by atoms with E-state index >= 15 is 0 Å². The van der Waals surface area contributed by atoms with Crippen molar-refractivity contribution >= 4 is 82.1 Å². The third-order valence-corrected chi connectivity index (χ3v) is 8.60. The molecule has 1 aromatic heterocycles. The van der Waals surface area contributed by atoms with Crippen LogP contribution in [0.3, 0.4) is 0 Å². The Morgan fingerprint density at radius 2 is 0.976 bits per heavy atom. The Kier molecular flexibility index (Phi) is 4.93. The van der Waals surface area contributed by atoms with Gasteiger partial charge in [-0.1, -0.05) is 115 Å². The van der Waals surface area contributed by atoms with E-state index in [9.17, 15) is 0 Å². The van der Waals surface area contributed by atoms with Crippen molar-refractivity contribution in [1.29, 1.82) is 0 Å². The van der Waals surface area contributed by atoms with Gasteiger partial charge in [-0.25, -0.2) is 0 Å². The van der Waals surface area contributed by atoms with E-state index in [1.165, 1.54) is 32.3 Å². The Hall–Kier alpha value is -5.60. The molecule has 0 unspecified atom stereocenters. The van der Waals surface area contributed by atoms with Crippen LogP contribution in [-0.4, -0.2) is 0 Å². The maximum atomic E-state index is 6.59. The van der Waals surface area contributed by atoms with Gasteiger partial charge in [0.15, 0.2) is 0 Å². The lowest BCUT2D eigenvalue weighted by molar-refractivity contribution is 0.672. The highest BCUT2D eigenvalue weighted by atomic mass is 16.3. The lowest BCUT2D eigenvalue weighted by atomic mass is 9.95. The number of hydrogen-bond acceptors (Lipinski definition) is 2. The molecule has 0 aliphatic rings. The lowest BCUT2D eigenvalue weighted by Gasteiger charge is -2.28. The molecular formula is C40H25NO. The van der Waals surface area contributed by atoms with Crippen molar-refractivity contribution in [2.45, 2.75) is 0 Å². The highest BCUT2D eigenvalue weighted by Crippen LogP contribution is 2.46. The smallest absolute Gasteiger partial charge is 0.145 e. The van der Waals surface area contributed by atoms with E-state index in [1.807, 2.05) is 6.07 Å². The molecule has 0 N–H and O–H groups in total. The molecule has 42 heavy (non-hydrogen) atoms. The number of fused-ring (bicyclic) bond motifs is 10. The maximum Gasteiger partial charge on any atom is 0.145 e. The molecule has 0 fully saturated rings. The van der Waals surface area contributed by atoms with Gasteiger partial charge in [-0.05, 0) is 68.7 Å². The molecule has 0 radical (unpaired) electrons. The van der Waals surface area contributed by atoms with E-state index in [0.717, 1.165) is 49.8 Å². The van der Waals surface area contributed by atoms with Gasteiger partial charge in [0.1, 0.15) is 11.2 Å². The van der Waals surface area contributed by atoms with E-state index in [4.69, 9.17) is 4.42 Å². The summed E-state index contributed by atoms with van der Waals surface area (Å²) in [5.74, 6) is 0. The maximum absolute atomic E-state index is 6.59. The highest BCUT2D eigenvalue weighted by molar-refractivity contribution is 6.24. The summed E-state index contributed by atoms with van der Waals surface area (Å²) in [5.41, 5.74) is 5.15. The summed E-state index contributed by atoms with van der Waals surface area (Å²) in [6, 6.07) is 54.3. The molecule has 0 saturated carbocycles. The minimum atomic E-state index is 0.907. The predicted octanol–water partition coefficient (Wildman–Crippen LogP) is 11.7. The highest BCUT2D eigenvalue weighted by Gasteiger charge is 2.21. The molecule has 0 bridgehead atoms. The first-order chi connectivity index (χ1) is 20.8. The molecule has 0 amide bonds. The molecule has 9 aromatic rings. The molecule has 0 saturated heterocycles. The number of benzene rings is 8. The molecule has 0 atom stereocenters. The Labute approximate surface area is 242 Å². The first-order valence-electron chi connectivity index (χ1n) is 14.4. The van der Waals surface area contributed by atoms with Crippen molar-refractivity contribution in [3.05, 3.63) is 152 Å². The zero-order valence-electron chi connectivity index (χ0n) is 22.8. The van der Waals surface area contributed by atoms with Crippen molar-refractivity contribution in [1.82, 2.24) is 0 Å². The summed E-state index contributed by atoms with van der Waals surface area (Å²) in [7, 11) is 0. The van der Waals surface area contributed by atoms with E-state index in [0.29, 0.717) is 0 Å². The van der Waals surface area contributed by atoms with Crippen molar-refractivity contribution in [2.24, 2.45) is 0 Å². The summed E-state index contributed by atoms with van der Waals surface area (Å²) in [5, 5.41) is 12.1. The van der Waals surface area contributed by atoms with Crippen molar-refractivity contribution < 1.29 is 4.42 Å². The summed E-state index contributed by atoms with van der Waals surface area (Å²) >= 11 is 0. The van der Waals surface area contributed by atoms with Gasteiger partial charge in [-0.2, -0.15) is 0 Å². The van der Waals surface area contributed by atoms with Crippen LogP contribution in [0.25, 0.3) is 65.0 Å². The average molecular weight is 536 g/mol. The molecule has 196 valence electrons. The molecule has 2 nitrogen and oxygen atoms in total. The number of furan rings is 1. The Morgan fingerprint density at radius 3 is 1.88 bits per heavy atom. The Bertz CT molecular complexity index is 2470. The zero-order chi connectivity index (χ0) is 27.6. The van der Waals surface area contributed by atoms with Crippen LogP contribution in [-0.2, 0) is 0 Å². The fourth-order valence-corrected chi connectivity index (χ4v) is 6.75. The largest absolute Gasteiger partial charge is 0.455 e. The van der Waals surface area contributed by atoms with E-state index in [1.54, 1.807) is 0 Å². The summed E-state index contributed by atoms with van der Waals surface area (Å²) < 4.78 is 6.59. The predicted molar refractivity (Wildman–Crippen MR) is 178 cm³/mol. The van der Waals surface area contributed by atoms with E-state index in [2.05, 4.69) is 150 Å². The van der Waals surface area contributed by atoms with Gasteiger partial charge < -0.3 is 9.32 Å². The average Bonchev–Trinajstić information content (AvgIpc) is 3.44.